The molecule has 0 bridgehead atoms. The van der Waals surface area contributed by atoms with Crippen LogP contribution in [0.3, 0.4) is 0 Å². The number of nitrogens with zero attached hydrogens (tertiary/aromatic N) is 3. The lowest BCUT2D eigenvalue weighted by atomic mass is 10.1. The maximum absolute atomic E-state index is 11.3. The Balaban J connectivity index is 2.23. The molecule has 2 heterocycles. The van der Waals surface area contributed by atoms with Crippen molar-refractivity contribution in [1.29, 1.82) is 0 Å². The number of hydrogen-bond donors (Lipinski definition) is 3. The van der Waals surface area contributed by atoms with Gasteiger partial charge in [-0.3, -0.25) is 4.21 Å². The minimum absolute atomic E-state index is 0.258. The summed E-state index contributed by atoms with van der Waals surface area (Å²) < 4.78 is 13.1. The Labute approximate surface area is 154 Å². The number of nitrogen functional groups attached to an aromatic ring is 1. The summed E-state index contributed by atoms with van der Waals surface area (Å²) in [5.74, 6) is 1.32. The van der Waals surface area contributed by atoms with Gasteiger partial charge in [0.05, 0.1) is 23.2 Å². The molecule has 1 unspecified atom stereocenters. The average Bonchev–Trinajstić information content (AvgIpc) is 2.90. The number of nitrogens with two attached hydrogens (primary N) is 1. The molecule has 0 fully saturated rings. The maximum Gasteiger partial charge on any atom is 0.152 e. The van der Waals surface area contributed by atoms with Crippen LogP contribution >= 0.6 is 0 Å². The van der Waals surface area contributed by atoms with Crippen molar-refractivity contribution in [2.45, 2.75) is 39.0 Å². The van der Waals surface area contributed by atoms with Gasteiger partial charge in [-0.1, -0.05) is 12.1 Å². The largest absolute Gasteiger partial charge is 0.389 e. The van der Waals surface area contributed by atoms with Crippen molar-refractivity contribution >= 4 is 38.6 Å². The fourth-order valence-electron chi connectivity index (χ4n) is 3.10. The third-order valence-electron chi connectivity index (χ3n) is 4.21. The van der Waals surface area contributed by atoms with Gasteiger partial charge in [0, 0.05) is 28.2 Å². The van der Waals surface area contributed by atoms with Crippen LogP contribution in [0.2, 0.25) is 0 Å². The molecule has 8 heteroatoms. The summed E-state index contributed by atoms with van der Waals surface area (Å²) in [5, 5.41) is 20.8. The fourth-order valence-corrected chi connectivity index (χ4v) is 3.62. The van der Waals surface area contributed by atoms with Crippen LogP contribution in [0.25, 0.3) is 21.9 Å². The van der Waals surface area contributed by atoms with E-state index < -0.39 is 16.4 Å². The summed E-state index contributed by atoms with van der Waals surface area (Å²) >= 11 is 0. The van der Waals surface area contributed by atoms with E-state index in [0.29, 0.717) is 23.5 Å². The summed E-state index contributed by atoms with van der Waals surface area (Å²) in [5.41, 5.74) is 8.17. The smallest absolute Gasteiger partial charge is 0.152 e. The second kappa shape index (κ2) is 6.94. The van der Waals surface area contributed by atoms with E-state index in [9.17, 15) is 14.4 Å². The zero-order chi connectivity index (χ0) is 19.1. The van der Waals surface area contributed by atoms with E-state index in [0.717, 1.165) is 22.0 Å². The lowest BCUT2D eigenvalue weighted by molar-refractivity contribution is 0.0607. The van der Waals surface area contributed by atoms with Crippen molar-refractivity contribution in [2.75, 3.05) is 17.7 Å². The summed E-state index contributed by atoms with van der Waals surface area (Å²) in [4.78, 5) is 8.88. The van der Waals surface area contributed by atoms with E-state index in [4.69, 9.17) is 5.73 Å². The highest BCUT2D eigenvalue weighted by Crippen LogP contribution is 2.30. The Kier molecular flexibility index (Phi) is 5.01. The molecule has 0 spiro atoms. The molecule has 4 N–H and O–H groups in total. The second-order valence-electron chi connectivity index (χ2n) is 7.16. The third kappa shape index (κ3) is 3.72. The normalized spacial score (nSPS) is 13.6. The first-order valence-corrected chi connectivity index (χ1v) is 10.1. The molecule has 0 aliphatic carbocycles. The van der Waals surface area contributed by atoms with Crippen LogP contribution in [0.1, 0.15) is 25.2 Å². The minimum atomic E-state index is -0.979. The third-order valence-corrected chi connectivity index (χ3v) is 4.99. The van der Waals surface area contributed by atoms with Crippen LogP contribution in [0, 0.1) is 0 Å². The first-order chi connectivity index (χ1) is 12.2. The zero-order valence-electron chi connectivity index (χ0n) is 15.2. The molecule has 7 nitrogen and oxygen atoms in total. The number of benzene rings is 1. The highest BCUT2D eigenvalue weighted by molar-refractivity contribution is 7.84. The van der Waals surface area contributed by atoms with E-state index >= 15 is 0 Å². The van der Waals surface area contributed by atoms with Gasteiger partial charge in [0.15, 0.2) is 5.82 Å². The molecule has 140 valence electrons. The lowest BCUT2D eigenvalue weighted by Gasteiger charge is -2.20. The SMILES string of the molecule is CS(=O)CCc1ccc2c(c1)nc(N)c1nc(CO)n(CC(C)(C)O)c12. The Bertz CT molecular complexity index is 992. The lowest BCUT2D eigenvalue weighted by Crippen LogP contribution is -2.27. The van der Waals surface area contributed by atoms with Gasteiger partial charge in [0.2, 0.25) is 0 Å². The molecule has 0 saturated heterocycles. The molecule has 0 saturated carbocycles. The quantitative estimate of drug-likeness (QED) is 0.598. The zero-order valence-corrected chi connectivity index (χ0v) is 16.0. The van der Waals surface area contributed by atoms with Gasteiger partial charge in [-0.2, -0.15) is 0 Å². The van der Waals surface area contributed by atoms with Gasteiger partial charge in [0.25, 0.3) is 0 Å². The van der Waals surface area contributed by atoms with Gasteiger partial charge in [-0.25, -0.2) is 9.97 Å². The summed E-state index contributed by atoms with van der Waals surface area (Å²) in [6.45, 7) is 3.42. The molecule has 1 aromatic carbocycles. The fraction of sp³-hybridized carbons (Fsp3) is 0.444. The predicted octanol–water partition coefficient (Wildman–Crippen LogP) is 1.35. The van der Waals surface area contributed by atoms with Crippen molar-refractivity contribution in [2.24, 2.45) is 0 Å². The molecular formula is C18H24N4O3S. The molecule has 3 rings (SSSR count). The first kappa shape index (κ1) is 18.8. The van der Waals surface area contributed by atoms with Crippen molar-refractivity contribution in [3.8, 4) is 0 Å². The van der Waals surface area contributed by atoms with E-state index in [1.54, 1.807) is 24.7 Å². The number of aryl methyl sites for hydroxylation is 1. The van der Waals surface area contributed by atoms with E-state index in [1.807, 2.05) is 18.2 Å². The number of fused-ring (bicyclic) bond motifs is 3. The number of hydrogen-bond acceptors (Lipinski definition) is 6. The number of aliphatic hydroxyl groups excluding tert-OH is 1. The van der Waals surface area contributed by atoms with Crippen molar-refractivity contribution in [3.05, 3.63) is 29.6 Å². The van der Waals surface area contributed by atoms with Crippen molar-refractivity contribution < 1.29 is 14.4 Å². The molecule has 0 radical (unpaired) electrons. The number of aliphatic hydroxyl groups is 2. The second-order valence-corrected chi connectivity index (χ2v) is 8.71. The Hall–Kier alpha value is -2.03. The van der Waals surface area contributed by atoms with Gasteiger partial charge in [-0.05, 0) is 31.9 Å². The van der Waals surface area contributed by atoms with Gasteiger partial charge in [-0.15, -0.1) is 0 Å². The number of imidazole rings is 1. The summed E-state index contributed by atoms with van der Waals surface area (Å²) in [7, 11) is -0.854. The molecule has 2 aromatic heterocycles. The number of anilines is 1. The highest BCUT2D eigenvalue weighted by Gasteiger charge is 2.22. The number of pyridine rings is 1. The van der Waals surface area contributed by atoms with Crippen LogP contribution in [-0.2, 0) is 30.4 Å². The number of aromatic nitrogens is 3. The van der Waals surface area contributed by atoms with E-state index in [2.05, 4.69) is 9.97 Å². The molecule has 26 heavy (non-hydrogen) atoms. The summed E-state index contributed by atoms with van der Waals surface area (Å²) in [6, 6.07) is 5.87. The van der Waals surface area contributed by atoms with E-state index in [-0.39, 0.29) is 19.0 Å². The molecule has 0 aliphatic heterocycles. The van der Waals surface area contributed by atoms with Gasteiger partial charge in [0.1, 0.15) is 17.9 Å². The van der Waals surface area contributed by atoms with Crippen LogP contribution in [0.4, 0.5) is 5.82 Å². The van der Waals surface area contributed by atoms with E-state index in [1.165, 1.54) is 0 Å². The van der Waals surface area contributed by atoms with Crippen LogP contribution < -0.4 is 5.73 Å². The van der Waals surface area contributed by atoms with Gasteiger partial charge >= 0.3 is 0 Å². The summed E-state index contributed by atoms with van der Waals surface area (Å²) in [6.07, 6.45) is 2.38. The van der Waals surface area contributed by atoms with Crippen molar-refractivity contribution in [1.82, 2.24) is 14.5 Å². The molecular weight excluding hydrogens is 352 g/mol. The first-order valence-electron chi connectivity index (χ1n) is 8.40. The molecule has 0 aliphatic rings. The average molecular weight is 376 g/mol. The van der Waals surface area contributed by atoms with Gasteiger partial charge < -0.3 is 20.5 Å². The highest BCUT2D eigenvalue weighted by atomic mass is 32.2. The van der Waals surface area contributed by atoms with Crippen LogP contribution in [0.5, 0.6) is 0 Å². The molecule has 1 atom stereocenters. The monoisotopic (exact) mass is 376 g/mol. The topological polar surface area (TPSA) is 114 Å². The maximum atomic E-state index is 11.3. The minimum Gasteiger partial charge on any atom is -0.389 e. The standard InChI is InChI=1S/C18H24N4O3S/c1-18(2,24)10-22-14(9-23)21-15-16(22)12-5-4-11(6-7-26(3)25)8-13(12)20-17(15)19/h4-5,8,23-24H,6-7,9-10H2,1-3H3,(H2,19,20). The van der Waals surface area contributed by atoms with Crippen LogP contribution in [-0.4, -0.2) is 46.6 Å². The predicted molar refractivity (Wildman–Crippen MR) is 104 cm³/mol. The Morgan fingerprint density at radius 1 is 1.31 bits per heavy atom. The number of rotatable bonds is 6. The molecule has 3 aromatic rings. The van der Waals surface area contributed by atoms with Crippen LogP contribution in [0.15, 0.2) is 18.2 Å². The molecule has 0 amide bonds. The van der Waals surface area contributed by atoms with Crippen molar-refractivity contribution in [3.63, 3.8) is 0 Å². The Morgan fingerprint density at radius 3 is 2.65 bits per heavy atom. The Morgan fingerprint density at radius 2 is 2.04 bits per heavy atom.